The van der Waals surface area contributed by atoms with E-state index in [2.05, 4.69) is 6.58 Å². The zero-order valence-corrected chi connectivity index (χ0v) is 7.13. The standard InChI is InChI=1S/C6H8O5S.Na.H/c1-4(6(7)8)3-5(2)12(9,10)11;;/h3H,2H2,1H3,(H,7,8)(H,9,10,11);;. The van der Waals surface area contributed by atoms with Crippen molar-refractivity contribution >= 4 is 45.6 Å². The van der Waals surface area contributed by atoms with Gasteiger partial charge in [-0.25, -0.2) is 4.79 Å². The number of rotatable bonds is 3. The summed E-state index contributed by atoms with van der Waals surface area (Å²) in [6.07, 6.45) is 0.775. The van der Waals surface area contributed by atoms with Gasteiger partial charge in [-0.2, -0.15) is 8.42 Å². The Bertz CT molecular complexity index is 340. The monoisotopic (exact) mass is 216 g/mol. The Labute approximate surface area is 98.2 Å². The van der Waals surface area contributed by atoms with Crippen LogP contribution < -0.4 is 0 Å². The summed E-state index contributed by atoms with van der Waals surface area (Å²) in [6.45, 7) is 4.16. The second kappa shape index (κ2) is 5.56. The molecule has 0 aromatic heterocycles. The first-order chi connectivity index (χ1) is 5.25. The van der Waals surface area contributed by atoms with E-state index in [1.807, 2.05) is 0 Å². The number of hydrogen-bond acceptors (Lipinski definition) is 3. The van der Waals surface area contributed by atoms with E-state index in [0.29, 0.717) is 0 Å². The van der Waals surface area contributed by atoms with Crippen molar-refractivity contribution in [3.05, 3.63) is 23.1 Å². The quantitative estimate of drug-likeness (QED) is 0.294. The average Bonchev–Trinajstić information content (AvgIpc) is 1.85. The molecular formula is C6H9NaO5S. The van der Waals surface area contributed by atoms with Gasteiger partial charge in [-0.3, -0.25) is 4.55 Å². The van der Waals surface area contributed by atoms with E-state index >= 15 is 0 Å². The van der Waals surface area contributed by atoms with E-state index in [1.54, 1.807) is 0 Å². The third-order valence-electron chi connectivity index (χ3n) is 1.05. The summed E-state index contributed by atoms with van der Waals surface area (Å²) in [7, 11) is -4.37. The Hall–Kier alpha value is -0.140. The molecule has 0 aliphatic carbocycles. The van der Waals surface area contributed by atoms with Crippen LogP contribution in [0.25, 0.3) is 0 Å². The van der Waals surface area contributed by atoms with Gasteiger partial charge in [-0.15, -0.1) is 0 Å². The second-order valence-corrected chi connectivity index (χ2v) is 3.55. The van der Waals surface area contributed by atoms with Crippen LogP contribution in [-0.2, 0) is 14.9 Å². The van der Waals surface area contributed by atoms with Crippen molar-refractivity contribution in [2.75, 3.05) is 0 Å². The molecule has 0 bridgehead atoms. The van der Waals surface area contributed by atoms with E-state index in [0.717, 1.165) is 6.08 Å². The van der Waals surface area contributed by atoms with Crippen molar-refractivity contribution in [3.8, 4) is 0 Å². The molecule has 0 aromatic rings. The number of carboxylic acids is 1. The Kier molecular flexibility index (Phi) is 6.56. The molecule has 0 saturated carbocycles. The van der Waals surface area contributed by atoms with E-state index in [1.165, 1.54) is 6.92 Å². The number of aliphatic carboxylic acids is 1. The van der Waals surface area contributed by atoms with Gasteiger partial charge in [0, 0.05) is 5.57 Å². The molecule has 0 spiro atoms. The molecule has 0 saturated heterocycles. The van der Waals surface area contributed by atoms with Gasteiger partial charge >= 0.3 is 35.5 Å². The Morgan fingerprint density at radius 3 is 2.08 bits per heavy atom. The van der Waals surface area contributed by atoms with Gasteiger partial charge in [0.05, 0.1) is 4.91 Å². The Morgan fingerprint density at radius 2 is 1.85 bits per heavy atom. The molecule has 13 heavy (non-hydrogen) atoms. The molecule has 0 amide bonds. The summed E-state index contributed by atoms with van der Waals surface area (Å²) < 4.78 is 29.0. The minimum atomic E-state index is -4.37. The topological polar surface area (TPSA) is 91.7 Å². The van der Waals surface area contributed by atoms with Crippen molar-refractivity contribution in [1.82, 2.24) is 0 Å². The maximum atomic E-state index is 10.3. The second-order valence-electron chi connectivity index (χ2n) is 2.07. The molecule has 0 aliphatic rings. The molecule has 0 aromatic carbocycles. The molecule has 0 atom stereocenters. The Morgan fingerprint density at radius 1 is 1.46 bits per heavy atom. The van der Waals surface area contributed by atoms with Crippen molar-refractivity contribution in [3.63, 3.8) is 0 Å². The van der Waals surface area contributed by atoms with Crippen LogP contribution in [0.4, 0.5) is 0 Å². The third-order valence-corrected chi connectivity index (χ3v) is 1.83. The van der Waals surface area contributed by atoms with Gasteiger partial charge in [0.2, 0.25) is 0 Å². The predicted octanol–water partition coefficient (Wildman–Crippen LogP) is -0.230. The normalized spacial score (nSPS) is 11.7. The summed E-state index contributed by atoms with van der Waals surface area (Å²) >= 11 is 0. The first-order valence-corrected chi connectivity index (χ1v) is 4.27. The molecular weight excluding hydrogens is 207 g/mol. The number of carbonyl (C=O) groups is 1. The summed E-state index contributed by atoms with van der Waals surface area (Å²) in [4.78, 5) is 9.54. The molecule has 2 N–H and O–H groups in total. The molecule has 0 heterocycles. The van der Waals surface area contributed by atoms with E-state index in [9.17, 15) is 13.2 Å². The van der Waals surface area contributed by atoms with Crippen LogP contribution in [0.1, 0.15) is 6.92 Å². The van der Waals surface area contributed by atoms with Crippen LogP contribution in [0.5, 0.6) is 0 Å². The van der Waals surface area contributed by atoms with Crippen LogP contribution in [0.15, 0.2) is 23.1 Å². The molecule has 0 aliphatic heterocycles. The fraction of sp³-hybridized carbons (Fsp3) is 0.167. The molecule has 0 fully saturated rings. The first kappa shape index (κ1) is 15.3. The SMILES string of the molecule is C=C(C=C(C)C(=O)O)S(=O)(=O)O.[NaH]. The van der Waals surface area contributed by atoms with Crippen LogP contribution in [-0.4, -0.2) is 53.6 Å². The number of allylic oxidation sites excluding steroid dienone is 1. The zero-order valence-electron chi connectivity index (χ0n) is 6.31. The van der Waals surface area contributed by atoms with Gasteiger partial charge < -0.3 is 5.11 Å². The minimum absolute atomic E-state index is 0. The first-order valence-electron chi connectivity index (χ1n) is 2.83. The Balaban J connectivity index is 0. The van der Waals surface area contributed by atoms with Gasteiger partial charge in [0.15, 0.2) is 0 Å². The molecule has 0 radical (unpaired) electrons. The van der Waals surface area contributed by atoms with E-state index in [4.69, 9.17) is 9.66 Å². The zero-order chi connectivity index (χ0) is 9.94. The van der Waals surface area contributed by atoms with Crippen molar-refractivity contribution < 1.29 is 22.9 Å². The van der Waals surface area contributed by atoms with Crippen LogP contribution >= 0.6 is 0 Å². The van der Waals surface area contributed by atoms with Gasteiger partial charge in [-0.05, 0) is 13.0 Å². The summed E-state index contributed by atoms with van der Waals surface area (Å²) in [5.41, 5.74) is -0.211. The third kappa shape index (κ3) is 6.00. The fourth-order valence-corrected chi connectivity index (χ4v) is 0.703. The fourth-order valence-electron chi connectivity index (χ4n) is 0.378. The van der Waals surface area contributed by atoms with E-state index < -0.39 is 21.0 Å². The summed E-state index contributed by atoms with van der Waals surface area (Å²) in [5.74, 6) is -1.26. The van der Waals surface area contributed by atoms with Gasteiger partial charge in [0.1, 0.15) is 0 Å². The number of hydrogen-bond donors (Lipinski definition) is 2. The van der Waals surface area contributed by atoms with Crippen LogP contribution in [0.3, 0.4) is 0 Å². The molecule has 7 heteroatoms. The van der Waals surface area contributed by atoms with Crippen molar-refractivity contribution in [2.45, 2.75) is 6.92 Å². The van der Waals surface area contributed by atoms with Crippen molar-refractivity contribution in [1.29, 1.82) is 0 Å². The molecule has 5 nitrogen and oxygen atoms in total. The predicted molar refractivity (Wildman–Crippen MR) is 49.2 cm³/mol. The molecule has 0 unspecified atom stereocenters. The molecule has 70 valence electrons. The summed E-state index contributed by atoms with van der Waals surface area (Å²) in [6, 6.07) is 0. The maximum absolute atomic E-state index is 10.3. The summed E-state index contributed by atoms with van der Waals surface area (Å²) in [5, 5.41) is 8.31. The molecule has 0 rings (SSSR count). The van der Waals surface area contributed by atoms with Gasteiger partial charge in [0.25, 0.3) is 10.1 Å². The van der Waals surface area contributed by atoms with Gasteiger partial charge in [-0.1, -0.05) is 6.58 Å². The van der Waals surface area contributed by atoms with E-state index in [-0.39, 0.29) is 35.1 Å². The number of carboxylic acid groups (broad SMARTS) is 1. The average molecular weight is 216 g/mol. The van der Waals surface area contributed by atoms with Crippen LogP contribution in [0.2, 0.25) is 0 Å². The van der Waals surface area contributed by atoms with Crippen LogP contribution in [0, 0.1) is 0 Å². The van der Waals surface area contributed by atoms with Crippen molar-refractivity contribution in [2.24, 2.45) is 0 Å².